The maximum absolute atomic E-state index is 5.15. The van der Waals surface area contributed by atoms with E-state index in [4.69, 9.17) is 4.74 Å². The Kier molecular flexibility index (Phi) is 5.76. The molecule has 0 bridgehead atoms. The van der Waals surface area contributed by atoms with E-state index in [1.165, 1.54) is 11.1 Å². The van der Waals surface area contributed by atoms with Gasteiger partial charge in [-0.25, -0.2) is 0 Å². The zero-order valence-corrected chi connectivity index (χ0v) is 12.5. The Morgan fingerprint density at radius 2 is 1.94 bits per heavy atom. The van der Waals surface area contributed by atoms with Crippen molar-refractivity contribution in [2.24, 2.45) is 5.92 Å². The average Bonchev–Trinajstić information content (AvgIpc) is 2.25. The van der Waals surface area contributed by atoms with E-state index in [-0.39, 0.29) is 0 Å². The Bertz CT molecular complexity index is 367. The van der Waals surface area contributed by atoms with Gasteiger partial charge >= 0.3 is 0 Å². The summed E-state index contributed by atoms with van der Waals surface area (Å²) in [6, 6.07) is 2.48. The van der Waals surface area contributed by atoms with Crippen LogP contribution in [-0.2, 0) is 4.74 Å². The molecule has 0 aliphatic rings. The summed E-state index contributed by atoms with van der Waals surface area (Å²) in [6.45, 7) is 12.4. The first-order valence-corrected chi connectivity index (χ1v) is 6.62. The highest BCUT2D eigenvalue weighted by molar-refractivity contribution is 5.33. The molecule has 0 radical (unpaired) electrons. The number of methoxy groups -OCH3 is 1. The summed E-state index contributed by atoms with van der Waals surface area (Å²) in [6.07, 6.45) is 0. The van der Waals surface area contributed by atoms with Gasteiger partial charge in [0.1, 0.15) is 0 Å². The van der Waals surface area contributed by atoms with Crippen molar-refractivity contribution in [2.75, 3.05) is 20.3 Å². The van der Waals surface area contributed by atoms with E-state index in [1.54, 1.807) is 7.11 Å². The van der Waals surface area contributed by atoms with Crippen molar-refractivity contribution in [3.05, 3.63) is 28.6 Å². The molecule has 1 rings (SSSR count). The van der Waals surface area contributed by atoms with Gasteiger partial charge in [-0.15, -0.1) is 0 Å². The van der Waals surface area contributed by atoms with Gasteiger partial charge < -0.3 is 10.1 Å². The lowest BCUT2D eigenvalue weighted by atomic mass is 10.00. The van der Waals surface area contributed by atoms with E-state index in [9.17, 15) is 0 Å². The molecule has 0 saturated carbocycles. The van der Waals surface area contributed by atoms with E-state index in [0.717, 1.165) is 24.5 Å². The summed E-state index contributed by atoms with van der Waals surface area (Å²) in [5.41, 5.74) is 4.87. The molecule has 102 valence electrons. The Morgan fingerprint density at radius 3 is 2.50 bits per heavy atom. The normalized spacial score (nSPS) is 14.6. The predicted molar refractivity (Wildman–Crippen MR) is 75.9 cm³/mol. The molecule has 0 saturated heterocycles. The van der Waals surface area contributed by atoms with E-state index < -0.39 is 0 Å². The molecule has 0 amide bonds. The quantitative estimate of drug-likeness (QED) is 0.843. The van der Waals surface area contributed by atoms with Gasteiger partial charge in [-0.05, 0) is 50.8 Å². The topological polar surface area (TPSA) is 34.1 Å². The number of pyridine rings is 1. The third-order valence-electron chi connectivity index (χ3n) is 3.24. The standard InChI is InChI=1S/C15H26N2O/c1-10(9-18-6)8-16-13(4)15-11(2)7-12(3)17-14(15)5/h7,10,13,16H,8-9H2,1-6H3. The van der Waals surface area contributed by atoms with E-state index in [2.05, 4.69) is 44.1 Å². The number of hydrogen-bond acceptors (Lipinski definition) is 3. The van der Waals surface area contributed by atoms with Crippen molar-refractivity contribution < 1.29 is 4.74 Å². The largest absolute Gasteiger partial charge is 0.384 e. The van der Waals surface area contributed by atoms with Crippen LogP contribution < -0.4 is 5.32 Å². The first kappa shape index (κ1) is 15.1. The number of aryl methyl sites for hydroxylation is 3. The molecule has 0 aromatic carbocycles. The van der Waals surface area contributed by atoms with Crippen molar-refractivity contribution in [1.82, 2.24) is 10.3 Å². The zero-order valence-electron chi connectivity index (χ0n) is 12.5. The molecule has 0 aliphatic carbocycles. The van der Waals surface area contributed by atoms with Gasteiger partial charge in [0.25, 0.3) is 0 Å². The fourth-order valence-corrected chi connectivity index (χ4v) is 2.51. The summed E-state index contributed by atoms with van der Waals surface area (Å²) in [5.74, 6) is 0.525. The maximum Gasteiger partial charge on any atom is 0.0499 e. The third kappa shape index (κ3) is 4.07. The van der Waals surface area contributed by atoms with Crippen LogP contribution in [0.4, 0.5) is 0 Å². The minimum atomic E-state index is 0.331. The molecular weight excluding hydrogens is 224 g/mol. The fourth-order valence-electron chi connectivity index (χ4n) is 2.51. The van der Waals surface area contributed by atoms with E-state index in [0.29, 0.717) is 12.0 Å². The summed E-state index contributed by atoms with van der Waals surface area (Å²) in [4.78, 5) is 4.55. The second-order valence-corrected chi connectivity index (χ2v) is 5.27. The number of aromatic nitrogens is 1. The first-order valence-electron chi connectivity index (χ1n) is 6.62. The summed E-state index contributed by atoms with van der Waals surface area (Å²) < 4.78 is 5.15. The lowest BCUT2D eigenvalue weighted by Gasteiger charge is -2.21. The zero-order chi connectivity index (χ0) is 13.7. The summed E-state index contributed by atoms with van der Waals surface area (Å²) in [7, 11) is 1.75. The number of hydrogen-bond donors (Lipinski definition) is 1. The van der Waals surface area contributed by atoms with Crippen molar-refractivity contribution >= 4 is 0 Å². The number of rotatable bonds is 6. The predicted octanol–water partition coefficient (Wildman–Crippen LogP) is 2.94. The van der Waals surface area contributed by atoms with E-state index >= 15 is 0 Å². The second-order valence-electron chi connectivity index (χ2n) is 5.27. The second kappa shape index (κ2) is 6.86. The molecule has 0 aliphatic heterocycles. The van der Waals surface area contributed by atoms with Crippen LogP contribution in [0.5, 0.6) is 0 Å². The van der Waals surface area contributed by atoms with Gasteiger partial charge in [0, 0.05) is 37.7 Å². The summed E-state index contributed by atoms with van der Waals surface area (Å²) >= 11 is 0. The molecular formula is C15H26N2O. The van der Waals surface area contributed by atoms with Crippen molar-refractivity contribution in [2.45, 2.75) is 40.7 Å². The minimum Gasteiger partial charge on any atom is -0.384 e. The molecule has 1 aromatic heterocycles. The number of nitrogens with zero attached hydrogens (tertiary/aromatic N) is 1. The van der Waals surface area contributed by atoms with Crippen LogP contribution in [0.1, 0.15) is 42.4 Å². The van der Waals surface area contributed by atoms with Gasteiger partial charge in [-0.3, -0.25) is 4.98 Å². The molecule has 1 heterocycles. The highest BCUT2D eigenvalue weighted by Crippen LogP contribution is 2.21. The third-order valence-corrected chi connectivity index (χ3v) is 3.24. The maximum atomic E-state index is 5.15. The number of nitrogens with one attached hydrogen (secondary N) is 1. The van der Waals surface area contributed by atoms with Gasteiger partial charge in [0.05, 0.1) is 0 Å². The van der Waals surface area contributed by atoms with Crippen molar-refractivity contribution in [3.63, 3.8) is 0 Å². The van der Waals surface area contributed by atoms with Crippen LogP contribution in [0.3, 0.4) is 0 Å². The number of ether oxygens (including phenoxy) is 1. The molecule has 3 nitrogen and oxygen atoms in total. The Hall–Kier alpha value is -0.930. The molecule has 0 spiro atoms. The van der Waals surface area contributed by atoms with E-state index in [1.807, 2.05) is 6.92 Å². The summed E-state index contributed by atoms with van der Waals surface area (Å²) in [5, 5.41) is 3.56. The van der Waals surface area contributed by atoms with Crippen LogP contribution in [0.15, 0.2) is 6.07 Å². The van der Waals surface area contributed by atoms with Crippen molar-refractivity contribution in [1.29, 1.82) is 0 Å². The molecule has 1 N–H and O–H groups in total. The minimum absolute atomic E-state index is 0.331. The van der Waals surface area contributed by atoms with Crippen LogP contribution in [0, 0.1) is 26.7 Å². The van der Waals surface area contributed by atoms with Crippen LogP contribution in [-0.4, -0.2) is 25.2 Å². The molecule has 2 unspecified atom stereocenters. The lowest BCUT2D eigenvalue weighted by Crippen LogP contribution is -2.27. The lowest BCUT2D eigenvalue weighted by molar-refractivity contribution is 0.157. The highest BCUT2D eigenvalue weighted by atomic mass is 16.5. The SMILES string of the molecule is COCC(C)CNC(C)c1c(C)cc(C)nc1C. The van der Waals surface area contributed by atoms with Gasteiger partial charge in [-0.1, -0.05) is 6.92 Å². The molecule has 0 fully saturated rings. The van der Waals surface area contributed by atoms with Gasteiger partial charge in [-0.2, -0.15) is 0 Å². The van der Waals surface area contributed by atoms with Crippen LogP contribution >= 0.6 is 0 Å². The average molecular weight is 250 g/mol. The smallest absolute Gasteiger partial charge is 0.0499 e. The fraction of sp³-hybridized carbons (Fsp3) is 0.667. The van der Waals surface area contributed by atoms with Crippen molar-refractivity contribution in [3.8, 4) is 0 Å². The van der Waals surface area contributed by atoms with Crippen LogP contribution in [0.25, 0.3) is 0 Å². The highest BCUT2D eigenvalue weighted by Gasteiger charge is 2.13. The van der Waals surface area contributed by atoms with Gasteiger partial charge in [0.2, 0.25) is 0 Å². The molecule has 2 atom stereocenters. The molecule has 18 heavy (non-hydrogen) atoms. The molecule has 3 heteroatoms. The monoisotopic (exact) mass is 250 g/mol. The Labute approximate surface area is 111 Å². The van der Waals surface area contributed by atoms with Gasteiger partial charge in [0.15, 0.2) is 0 Å². The Balaban J connectivity index is 2.70. The first-order chi connectivity index (χ1) is 8.45. The van der Waals surface area contributed by atoms with Crippen LogP contribution in [0.2, 0.25) is 0 Å². The Morgan fingerprint density at radius 1 is 1.28 bits per heavy atom. The molecule has 1 aromatic rings.